The maximum absolute atomic E-state index is 5.70. The molecule has 0 aromatic carbocycles. The summed E-state index contributed by atoms with van der Waals surface area (Å²) in [5.41, 5.74) is 7.45. The minimum absolute atomic E-state index is 0.132. The Morgan fingerprint density at radius 2 is 2.38 bits per heavy atom. The average molecular weight is 220 g/mol. The summed E-state index contributed by atoms with van der Waals surface area (Å²) < 4.78 is 7.04. The predicted octanol–water partition coefficient (Wildman–Crippen LogP) is 1.97. The second-order valence-electron chi connectivity index (χ2n) is 3.90. The Hall–Kier alpha value is -1.62. The highest BCUT2D eigenvalue weighted by Crippen LogP contribution is 2.20. The SMILES string of the molecule is CCCn1cc(-c2cc(C(C)N)on2)cn1. The van der Waals surface area contributed by atoms with Crippen LogP contribution in [0.5, 0.6) is 0 Å². The molecule has 2 aromatic rings. The third kappa shape index (κ3) is 2.14. The van der Waals surface area contributed by atoms with E-state index < -0.39 is 0 Å². The number of nitrogens with zero attached hydrogens (tertiary/aromatic N) is 3. The largest absolute Gasteiger partial charge is 0.359 e. The van der Waals surface area contributed by atoms with E-state index in [1.165, 1.54) is 0 Å². The number of aryl methyl sites for hydroxylation is 1. The van der Waals surface area contributed by atoms with Crippen molar-refractivity contribution in [3.05, 3.63) is 24.2 Å². The fraction of sp³-hybridized carbons (Fsp3) is 0.455. The monoisotopic (exact) mass is 220 g/mol. The molecule has 0 saturated carbocycles. The first-order chi connectivity index (χ1) is 7.70. The van der Waals surface area contributed by atoms with Gasteiger partial charge in [0.25, 0.3) is 0 Å². The molecule has 2 N–H and O–H groups in total. The highest BCUT2D eigenvalue weighted by Gasteiger charge is 2.10. The summed E-state index contributed by atoms with van der Waals surface area (Å²) in [6.45, 7) is 4.90. The number of rotatable bonds is 4. The minimum Gasteiger partial charge on any atom is -0.359 e. The van der Waals surface area contributed by atoms with Crippen molar-refractivity contribution in [3.63, 3.8) is 0 Å². The molecule has 5 heteroatoms. The van der Waals surface area contributed by atoms with E-state index in [1.54, 1.807) is 6.20 Å². The van der Waals surface area contributed by atoms with Crippen molar-refractivity contribution in [2.75, 3.05) is 0 Å². The standard InChI is InChI=1S/C11H16N4O/c1-3-4-15-7-9(6-13-15)10-5-11(8(2)12)16-14-10/h5-8H,3-4,12H2,1-2H3. The lowest BCUT2D eigenvalue weighted by molar-refractivity contribution is 0.369. The molecule has 0 bridgehead atoms. The molecule has 2 heterocycles. The number of aromatic nitrogens is 3. The van der Waals surface area contributed by atoms with Gasteiger partial charge >= 0.3 is 0 Å². The van der Waals surface area contributed by atoms with Crippen LogP contribution in [0.1, 0.15) is 32.1 Å². The van der Waals surface area contributed by atoms with Gasteiger partial charge in [0.1, 0.15) is 5.69 Å². The number of nitrogens with two attached hydrogens (primary N) is 1. The zero-order chi connectivity index (χ0) is 11.5. The summed E-state index contributed by atoms with van der Waals surface area (Å²) in [4.78, 5) is 0. The number of hydrogen-bond acceptors (Lipinski definition) is 4. The van der Waals surface area contributed by atoms with Crippen molar-refractivity contribution in [1.82, 2.24) is 14.9 Å². The number of hydrogen-bond donors (Lipinski definition) is 1. The van der Waals surface area contributed by atoms with Gasteiger partial charge in [-0.15, -0.1) is 0 Å². The van der Waals surface area contributed by atoms with Gasteiger partial charge in [0.2, 0.25) is 0 Å². The Labute approximate surface area is 94.2 Å². The highest BCUT2D eigenvalue weighted by molar-refractivity contribution is 5.56. The van der Waals surface area contributed by atoms with E-state index in [4.69, 9.17) is 10.3 Å². The van der Waals surface area contributed by atoms with Gasteiger partial charge in [-0.2, -0.15) is 5.10 Å². The summed E-state index contributed by atoms with van der Waals surface area (Å²) in [6, 6.07) is 1.73. The molecule has 86 valence electrons. The van der Waals surface area contributed by atoms with Crippen molar-refractivity contribution in [1.29, 1.82) is 0 Å². The molecular weight excluding hydrogens is 204 g/mol. The Bertz CT molecular complexity index is 458. The van der Waals surface area contributed by atoms with E-state index in [0.717, 1.165) is 24.2 Å². The molecule has 0 fully saturated rings. The Morgan fingerprint density at radius 1 is 1.56 bits per heavy atom. The van der Waals surface area contributed by atoms with Crippen LogP contribution >= 0.6 is 0 Å². The third-order valence-corrected chi connectivity index (χ3v) is 2.36. The molecular formula is C11H16N4O. The summed E-state index contributed by atoms with van der Waals surface area (Å²) in [5.74, 6) is 0.693. The molecule has 5 nitrogen and oxygen atoms in total. The van der Waals surface area contributed by atoms with Gasteiger partial charge in [-0.3, -0.25) is 4.68 Å². The van der Waals surface area contributed by atoms with Gasteiger partial charge in [0, 0.05) is 24.4 Å². The van der Waals surface area contributed by atoms with E-state index >= 15 is 0 Å². The maximum Gasteiger partial charge on any atom is 0.153 e. The fourth-order valence-electron chi connectivity index (χ4n) is 1.49. The van der Waals surface area contributed by atoms with Gasteiger partial charge in [-0.1, -0.05) is 12.1 Å². The minimum atomic E-state index is -0.132. The first-order valence-corrected chi connectivity index (χ1v) is 5.45. The van der Waals surface area contributed by atoms with Crippen LogP contribution in [0.25, 0.3) is 11.3 Å². The lowest BCUT2D eigenvalue weighted by Crippen LogP contribution is -2.02. The molecule has 1 unspecified atom stereocenters. The molecule has 0 spiro atoms. The van der Waals surface area contributed by atoms with Crippen LogP contribution in [0.2, 0.25) is 0 Å². The Morgan fingerprint density at radius 3 is 3.00 bits per heavy atom. The van der Waals surface area contributed by atoms with Crippen LogP contribution < -0.4 is 5.73 Å². The van der Waals surface area contributed by atoms with Gasteiger partial charge in [0.05, 0.1) is 12.2 Å². The summed E-state index contributed by atoms with van der Waals surface area (Å²) >= 11 is 0. The molecule has 0 saturated heterocycles. The van der Waals surface area contributed by atoms with Crippen LogP contribution in [0.3, 0.4) is 0 Å². The first-order valence-electron chi connectivity index (χ1n) is 5.45. The van der Waals surface area contributed by atoms with Gasteiger partial charge in [-0.05, 0) is 13.3 Å². The smallest absolute Gasteiger partial charge is 0.153 e. The molecule has 0 aliphatic carbocycles. The molecule has 0 radical (unpaired) electrons. The van der Waals surface area contributed by atoms with Crippen molar-refractivity contribution in [3.8, 4) is 11.3 Å². The van der Waals surface area contributed by atoms with Crippen molar-refractivity contribution >= 4 is 0 Å². The normalized spacial score (nSPS) is 12.9. The molecule has 1 atom stereocenters. The topological polar surface area (TPSA) is 69.9 Å². The third-order valence-electron chi connectivity index (χ3n) is 2.36. The van der Waals surface area contributed by atoms with Crippen molar-refractivity contribution < 1.29 is 4.52 Å². The quantitative estimate of drug-likeness (QED) is 0.855. The molecule has 0 aliphatic rings. The zero-order valence-corrected chi connectivity index (χ0v) is 9.55. The van der Waals surface area contributed by atoms with E-state index in [1.807, 2.05) is 23.9 Å². The van der Waals surface area contributed by atoms with Crippen LogP contribution in [-0.4, -0.2) is 14.9 Å². The zero-order valence-electron chi connectivity index (χ0n) is 9.55. The molecule has 0 aliphatic heterocycles. The molecule has 2 rings (SSSR count). The first kappa shape index (κ1) is 10.9. The van der Waals surface area contributed by atoms with E-state index in [9.17, 15) is 0 Å². The van der Waals surface area contributed by atoms with Crippen LogP contribution in [0, 0.1) is 0 Å². The maximum atomic E-state index is 5.70. The molecule has 0 amide bonds. The average Bonchev–Trinajstić information content (AvgIpc) is 2.84. The Kier molecular flexibility index (Phi) is 3.05. The van der Waals surface area contributed by atoms with Crippen molar-refractivity contribution in [2.24, 2.45) is 5.73 Å². The summed E-state index contributed by atoms with van der Waals surface area (Å²) in [7, 11) is 0. The van der Waals surface area contributed by atoms with Crippen LogP contribution in [0.15, 0.2) is 23.0 Å². The van der Waals surface area contributed by atoms with Gasteiger partial charge < -0.3 is 10.3 Å². The lowest BCUT2D eigenvalue weighted by atomic mass is 10.2. The molecule has 16 heavy (non-hydrogen) atoms. The van der Waals surface area contributed by atoms with Gasteiger partial charge in [-0.25, -0.2) is 0 Å². The molecule has 2 aromatic heterocycles. The lowest BCUT2D eigenvalue weighted by Gasteiger charge is -1.94. The highest BCUT2D eigenvalue weighted by atomic mass is 16.5. The van der Waals surface area contributed by atoms with Gasteiger partial charge in [0.15, 0.2) is 5.76 Å². The van der Waals surface area contributed by atoms with Crippen LogP contribution in [-0.2, 0) is 6.54 Å². The van der Waals surface area contributed by atoms with Crippen LogP contribution in [0.4, 0.5) is 0 Å². The summed E-state index contributed by atoms with van der Waals surface area (Å²) in [6.07, 6.45) is 4.82. The second-order valence-corrected chi connectivity index (χ2v) is 3.90. The van der Waals surface area contributed by atoms with Crippen molar-refractivity contribution in [2.45, 2.75) is 32.9 Å². The second kappa shape index (κ2) is 4.49. The Balaban J connectivity index is 2.21. The predicted molar refractivity (Wildman–Crippen MR) is 60.6 cm³/mol. The fourth-order valence-corrected chi connectivity index (χ4v) is 1.49. The van der Waals surface area contributed by atoms with E-state index in [2.05, 4.69) is 17.2 Å². The summed E-state index contributed by atoms with van der Waals surface area (Å²) in [5, 5.41) is 8.21. The van der Waals surface area contributed by atoms with E-state index in [-0.39, 0.29) is 6.04 Å². The van der Waals surface area contributed by atoms with E-state index in [0.29, 0.717) is 5.76 Å².